The van der Waals surface area contributed by atoms with Crippen LogP contribution in [0.1, 0.15) is 33.6 Å². The van der Waals surface area contributed by atoms with Crippen LogP contribution in [-0.2, 0) is 9.47 Å². The second kappa shape index (κ2) is 6.09. The van der Waals surface area contributed by atoms with Gasteiger partial charge in [-0.25, -0.2) is 4.79 Å². The predicted octanol–water partition coefficient (Wildman–Crippen LogP) is 1.72. The Bertz CT molecular complexity index is 308. The van der Waals surface area contributed by atoms with Crippen LogP contribution in [0.25, 0.3) is 0 Å². The Balaban J connectivity index is 1.87. The van der Waals surface area contributed by atoms with Crippen molar-refractivity contribution in [3.63, 3.8) is 0 Å². The number of carbonyl (C=O) groups is 1. The molecule has 0 radical (unpaired) electrons. The fourth-order valence-electron chi connectivity index (χ4n) is 2.69. The zero-order chi connectivity index (χ0) is 13.9. The van der Waals surface area contributed by atoms with Crippen LogP contribution in [0.2, 0.25) is 0 Å². The van der Waals surface area contributed by atoms with Gasteiger partial charge >= 0.3 is 6.09 Å². The fourth-order valence-corrected chi connectivity index (χ4v) is 2.69. The van der Waals surface area contributed by atoms with Crippen LogP contribution in [0, 0.1) is 0 Å². The molecule has 2 saturated heterocycles. The first-order valence-corrected chi connectivity index (χ1v) is 7.25. The monoisotopic (exact) mass is 270 g/mol. The first kappa shape index (κ1) is 14.6. The van der Waals surface area contributed by atoms with Gasteiger partial charge in [0.05, 0.1) is 13.2 Å². The molecule has 0 N–H and O–H groups in total. The molecule has 0 aromatic heterocycles. The third-order valence-electron chi connectivity index (χ3n) is 3.61. The van der Waals surface area contributed by atoms with Gasteiger partial charge in [-0.2, -0.15) is 0 Å². The Morgan fingerprint density at radius 1 is 1.21 bits per heavy atom. The fraction of sp³-hybridized carbons (Fsp3) is 0.929. The highest BCUT2D eigenvalue weighted by Crippen LogP contribution is 2.19. The van der Waals surface area contributed by atoms with E-state index in [-0.39, 0.29) is 6.09 Å². The molecule has 5 nitrogen and oxygen atoms in total. The molecule has 2 aliphatic rings. The van der Waals surface area contributed by atoms with E-state index < -0.39 is 5.60 Å². The third kappa shape index (κ3) is 4.35. The minimum absolute atomic E-state index is 0.176. The third-order valence-corrected chi connectivity index (χ3v) is 3.61. The lowest BCUT2D eigenvalue weighted by Crippen LogP contribution is -2.53. The zero-order valence-corrected chi connectivity index (χ0v) is 12.4. The average Bonchev–Trinajstić information content (AvgIpc) is 2.38. The lowest BCUT2D eigenvalue weighted by Gasteiger charge is -2.41. The van der Waals surface area contributed by atoms with Crippen molar-refractivity contribution < 1.29 is 14.3 Å². The molecule has 2 aliphatic heterocycles. The molecule has 2 fully saturated rings. The number of nitrogens with zero attached hydrogens (tertiary/aromatic N) is 2. The van der Waals surface area contributed by atoms with Gasteiger partial charge in [0.15, 0.2) is 0 Å². The van der Waals surface area contributed by atoms with Crippen molar-refractivity contribution in [2.75, 3.05) is 39.4 Å². The highest BCUT2D eigenvalue weighted by molar-refractivity contribution is 5.68. The van der Waals surface area contributed by atoms with Gasteiger partial charge in [-0.15, -0.1) is 0 Å². The Kier molecular flexibility index (Phi) is 4.68. The second-order valence-electron chi connectivity index (χ2n) is 6.37. The van der Waals surface area contributed by atoms with Crippen molar-refractivity contribution in [2.24, 2.45) is 0 Å². The van der Waals surface area contributed by atoms with Crippen LogP contribution in [-0.4, -0.2) is 66.9 Å². The van der Waals surface area contributed by atoms with Gasteiger partial charge in [0.1, 0.15) is 5.60 Å². The SMILES string of the molecule is CC(C)(C)OC(=O)N1CCC[C@H](N2CCOCC2)C1. The average molecular weight is 270 g/mol. The number of ether oxygens (including phenoxy) is 2. The highest BCUT2D eigenvalue weighted by Gasteiger charge is 2.30. The minimum Gasteiger partial charge on any atom is -0.444 e. The molecule has 0 bridgehead atoms. The first-order chi connectivity index (χ1) is 8.96. The summed E-state index contributed by atoms with van der Waals surface area (Å²) in [4.78, 5) is 16.4. The molecule has 19 heavy (non-hydrogen) atoms. The topological polar surface area (TPSA) is 42.0 Å². The standard InChI is InChI=1S/C14H26N2O3/c1-14(2,3)19-13(17)16-6-4-5-12(11-16)15-7-9-18-10-8-15/h12H,4-11H2,1-3H3/t12-/m0/s1. The van der Waals surface area contributed by atoms with E-state index in [1.54, 1.807) is 0 Å². The van der Waals surface area contributed by atoms with E-state index in [1.165, 1.54) is 6.42 Å². The number of hydrogen-bond donors (Lipinski definition) is 0. The Hall–Kier alpha value is -0.810. The van der Waals surface area contributed by atoms with Gasteiger partial charge in [-0.05, 0) is 33.6 Å². The Labute approximate surface area is 115 Å². The molecule has 0 aromatic rings. The molecule has 1 amide bonds. The summed E-state index contributed by atoms with van der Waals surface area (Å²) < 4.78 is 10.8. The summed E-state index contributed by atoms with van der Waals surface area (Å²) in [6, 6.07) is 0.463. The van der Waals surface area contributed by atoms with Gasteiger partial charge in [0.2, 0.25) is 0 Å². The summed E-state index contributed by atoms with van der Waals surface area (Å²) in [7, 11) is 0. The maximum Gasteiger partial charge on any atom is 0.410 e. The number of hydrogen-bond acceptors (Lipinski definition) is 4. The van der Waals surface area contributed by atoms with Crippen LogP contribution < -0.4 is 0 Å². The molecule has 0 aliphatic carbocycles. The predicted molar refractivity (Wildman–Crippen MR) is 73.2 cm³/mol. The van der Waals surface area contributed by atoms with Crippen LogP contribution in [0.3, 0.4) is 0 Å². The molecule has 0 aromatic carbocycles. The molecule has 0 spiro atoms. The number of rotatable bonds is 1. The van der Waals surface area contributed by atoms with Gasteiger partial charge in [0.25, 0.3) is 0 Å². The van der Waals surface area contributed by atoms with Gasteiger partial charge in [-0.1, -0.05) is 0 Å². The number of piperidine rings is 1. The van der Waals surface area contributed by atoms with E-state index in [0.717, 1.165) is 45.8 Å². The zero-order valence-electron chi connectivity index (χ0n) is 12.4. The number of carbonyl (C=O) groups excluding carboxylic acids is 1. The van der Waals surface area contributed by atoms with Crippen molar-refractivity contribution in [1.82, 2.24) is 9.80 Å². The van der Waals surface area contributed by atoms with Gasteiger partial charge in [-0.3, -0.25) is 4.90 Å². The summed E-state index contributed by atoms with van der Waals surface area (Å²) in [5, 5.41) is 0. The molecule has 1 atom stereocenters. The Morgan fingerprint density at radius 2 is 1.89 bits per heavy atom. The Morgan fingerprint density at radius 3 is 2.53 bits per heavy atom. The van der Waals surface area contributed by atoms with E-state index in [9.17, 15) is 4.79 Å². The lowest BCUT2D eigenvalue weighted by molar-refractivity contribution is -0.0143. The van der Waals surface area contributed by atoms with Crippen molar-refractivity contribution >= 4 is 6.09 Å². The first-order valence-electron chi connectivity index (χ1n) is 7.25. The summed E-state index contributed by atoms with van der Waals surface area (Å²) in [6.07, 6.45) is 2.05. The number of amides is 1. The van der Waals surface area contributed by atoms with Crippen molar-refractivity contribution in [3.8, 4) is 0 Å². The highest BCUT2D eigenvalue weighted by atomic mass is 16.6. The van der Waals surface area contributed by atoms with E-state index in [1.807, 2.05) is 25.7 Å². The van der Waals surface area contributed by atoms with E-state index in [0.29, 0.717) is 6.04 Å². The lowest BCUT2D eigenvalue weighted by atomic mass is 10.0. The molecule has 2 heterocycles. The van der Waals surface area contributed by atoms with Crippen molar-refractivity contribution in [3.05, 3.63) is 0 Å². The van der Waals surface area contributed by atoms with E-state index in [2.05, 4.69) is 4.90 Å². The molecule has 0 unspecified atom stereocenters. The maximum atomic E-state index is 12.1. The second-order valence-corrected chi connectivity index (χ2v) is 6.37. The largest absolute Gasteiger partial charge is 0.444 e. The van der Waals surface area contributed by atoms with Crippen LogP contribution in [0.5, 0.6) is 0 Å². The molecule has 2 rings (SSSR count). The maximum absolute atomic E-state index is 12.1. The van der Waals surface area contributed by atoms with E-state index >= 15 is 0 Å². The van der Waals surface area contributed by atoms with Crippen LogP contribution in [0.15, 0.2) is 0 Å². The van der Waals surface area contributed by atoms with E-state index in [4.69, 9.17) is 9.47 Å². The molecule has 110 valence electrons. The van der Waals surface area contributed by atoms with Crippen LogP contribution in [0.4, 0.5) is 4.79 Å². The summed E-state index contributed by atoms with van der Waals surface area (Å²) in [5.41, 5.74) is -0.414. The van der Waals surface area contributed by atoms with Gasteiger partial charge < -0.3 is 14.4 Å². The van der Waals surface area contributed by atoms with Crippen molar-refractivity contribution in [1.29, 1.82) is 0 Å². The smallest absolute Gasteiger partial charge is 0.410 e. The van der Waals surface area contributed by atoms with Gasteiger partial charge in [0, 0.05) is 32.2 Å². The van der Waals surface area contributed by atoms with Crippen LogP contribution >= 0.6 is 0 Å². The molecular formula is C14H26N2O3. The summed E-state index contributed by atoms with van der Waals surface area (Å²) in [5.74, 6) is 0. The molecule has 0 saturated carbocycles. The number of morpholine rings is 1. The quantitative estimate of drug-likeness (QED) is 0.727. The number of likely N-dealkylation sites (tertiary alicyclic amines) is 1. The normalized spacial score (nSPS) is 26.3. The van der Waals surface area contributed by atoms with Crippen molar-refractivity contribution in [2.45, 2.75) is 45.3 Å². The minimum atomic E-state index is -0.414. The summed E-state index contributed by atoms with van der Waals surface area (Å²) in [6.45, 7) is 10.9. The molecular weight excluding hydrogens is 244 g/mol. The molecule has 5 heteroatoms. The summed E-state index contributed by atoms with van der Waals surface area (Å²) >= 11 is 0.